The molecule has 1 atom stereocenters. The van der Waals surface area contributed by atoms with Crippen LogP contribution in [0.5, 0.6) is 0 Å². The maximum Gasteiger partial charge on any atom is 0.0722 e. The molecule has 0 saturated carbocycles. The third kappa shape index (κ3) is 3.26. The number of thioether (sulfide) groups is 1. The van der Waals surface area contributed by atoms with Crippen molar-refractivity contribution in [3.8, 4) is 0 Å². The molecule has 3 N–H and O–H groups in total. The predicted octanol–water partition coefficient (Wildman–Crippen LogP) is 2.37. The van der Waals surface area contributed by atoms with Crippen LogP contribution in [0.4, 0.5) is 0 Å². The zero-order valence-corrected chi connectivity index (χ0v) is 11.6. The Labute approximate surface area is 115 Å². The number of aromatic nitrogens is 2. The summed E-state index contributed by atoms with van der Waals surface area (Å²) in [5.74, 6) is 6.41. The first-order valence-corrected chi connectivity index (χ1v) is 6.89. The smallest absolute Gasteiger partial charge is 0.0722 e. The van der Waals surface area contributed by atoms with E-state index in [0.29, 0.717) is 0 Å². The van der Waals surface area contributed by atoms with Crippen LogP contribution in [-0.4, -0.2) is 15.5 Å². The number of nitrogens with two attached hydrogens (primary N) is 1. The number of benzene rings is 1. The summed E-state index contributed by atoms with van der Waals surface area (Å²) in [5, 5.41) is 4.89. The number of rotatable bonds is 5. The zero-order chi connectivity index (χ0) is 13.0. The number of aryl methyl sites for hydroxylation is 1. The van der Waals surface area contributed by atoms with Crippen LogP contribution in [0.3, 0.4) is 0 Å². The van der Waals surface area contributed by atoms with Crippen LogP contribution in [-0.2, 0) is 7.05 Å². The average Bonchev–Trinajstić information content (AvgIpc) is 2.77. The van der Waals surface area contributed by atoms with Crippen LogP contribution in [0, 0.1) is 0 Å². The maximum absolute atomic E-state index is 5.95. The zero-order valence-electron chi connectivity index (χ0n) is 10.0. The topological polar surface area (TPSA) is 55.9 Å². The summed E-state index contributed by atoms with van der Waals surface area (Å²) in [6, 6.07) is 9.81. The van der Waals surface area contributed by atoms with Crippen LogP contribution in [0.25, 0.3) is 0 Å². The van der Waals surface area contributed by atoms with Crippen LogP contribution >= 0.6 is 23.4 Å². The van der Waals surface area contributed by atoms with Crippen molar-refractivity contribution in [2.24, 2.45) is 12.9 Å². The van der Waals surface area contributed by atoms with Crippen LogP contribution in [0.15, 0.2) is 41.4 Å². The quantitative estimate of drug-likeness (QED) is 0.502. The Kier molecular flexibility index (Phi) is 4.66. The third-order valence-corrected chi connectivity index (χ3v) is 3.95. The second kappa shape index (κ2) is 6.24. The molecule has 0 aliphatic heterocycles. The van der Waals surface area contributed by atoms with E-state index in [1.165, 1.54) is 0 Å². The Morgan fingerprint density at radius 3 is 2.94 bits per heavy atom. The van der Waals surface area contributed by atoms with Crippen LogP contribution in [0.2, 0.25) is 5.02 Å². The highest BCUT2D eigenvalue weighted by Crippen LogP contribution is 2.26. The molecule has 0 radical (unpaired) electrons. The number of nitrogens with one attached hydrogen (secondary N) is 1. The lowest BCUT2D eigenvalue weighted by atomic mass is 10.2. The molecule has 1 aromatic carbocycles. The van der Waals surface area contributed by atoms with Crippen molar-refractivity contribution in [3.05, 3.63) is 47.2 Å². The van der Waals surface area contributed by atoms with Crippen molar-refractivity contribution in [2.45, 2.75) is 10.9 Å². The fourth-order valence-corrected chi connectivity index (χ4v) is 2.95. The van der Waals surface area contributed by atoms with Gasteiger partial charge in [-0.2, -0.15) is 5.10 Å². The lowest BCUT2D eigenvalue weighted by Gasteiger charge is -2.15. The van der Waals surface area contributed by atoms with Crippen molar-refractivity contribution in [1.82, 2.24) is 15.2 Å². The van der Waals surface area contributed by atoms with Gasteiger partial charge in [0.05, 0.1) is 11.7 Å². The van der Waals surface area contributed by atoms with Crippen molar-refractivity contribution in [3.63, 3.8) is 0 Å². The standard InChI is InChI=1S/C12H15ClN4S/c1-17-12(5-6-15-17)11(16-14)8-18-10-4-2-3-9(13)7-10/h2-7,11,16H,8,14H2,1H3. The Bertz CT molecular complexity index is 514. The largest absolute Gasteiger partial charge is 0.271 e. The van der Waals surface area contributed by atoms with Gasteiger partial charge in [-0.05, 0) is 24.3 Å². The molecule has 0 spiro atoms. The molecule has 2 aromatic rings. The van der Waals surface area contributed by atoms with E-state index in [-0.39, 0.29) is 6.04 Å². The van der Waals surface area contributed by atoms with E-state index in [2.05, 4.69) is 10.5 Å². The molecule has 2 rings (SSSR count). The Morgan fingerprint density at radius 2 is 2.33 bits per heavy atom. The summed E-state index contributed by atoms with van der Waals surface area (Å²) in [5.41, 5.74) is 3.88. The number of halogens is 1. The SMILES string of the molecule is Cn1nccc1C(CSc1cccc(Cl)c1)NN. The van der Waals surface area contributed by atoms with Gasteiger partial charge in [-0.1, -0.05) is 17.7 Å². The number of hydrogen-bond acceptors (Lipinski definition) is 4. The number of hydrazine groups is 1. The summed E-state index contributed by atoms with van der Waals surface area (Å²) in [6.07, 6.45) is 1.77. The monoisotopic (exact) mass is 282 g/mol. The molecular formula is C12H15ClN4S. The minimum Gasteiger partial charge on any atom is -0.271 e. The van der Waals surface area contributed by atoms with Gasteiger partial charge >= 0.3 is 0 Å². The number of nitrogens with zero attached hydrogens (tertiary/aromatic N) is 2. The minimum absolute atomic E-state index is 0.0569. The Hall–Kier alpha value is -1.01. The van der Waals surface area contributed by atoms with Gasteiger partial charge in [0.15, 0.2) is 0 Å². The summed E-state index contributed by atoms with van der Waals surface area (Å²) in [6.45, 7) is 0. The predicted molar refractivity (Wildman–Crippen MR) is 75.4 cm³/mol. The first kappa shape index (κ1) is 13.4. The molecule has 0 saturated heterocycles. The molecule has 0 aliphatic rings. The normalized spacial score (nSPS) is 12.6. The van der Waals surface area contributed by atoms with E-state index >= 15 is 0 Å². The molecule has 96 valence electrons. The molecule has 0 bridgehead atoms. The summed E-state index contributed by atoms with van der Waals surface area (Å²) < 4.78 is 1.82. The van der Waals surface area contributed by atoms with Gasteiger partial charge in [-0.25, -0.2) is 0 Å². The van der Waals surface area contributed by atoms with E-state index in [9.17, 15) is 0 Å². The van der Waals surface area contributed by atoms with Crippen molar-refractivity contribution < 1.29 is 0 Å². The second-order valence-electron chi connectivity index (χ2n) is 3.87. The van der Waals surface area contributed by atoms with E-state index < -0.39 is 0 Å². The van der Waals surface area contributed by atoms with Crippen LogP contribution in [0.1, 0.15) is 11.7 Å². The highest BCUT2D eigenvalue weighted by molar-refractivity contribution is 7.99. The summed E-state index contributed by atoms with van der Waals surface area (Å²) in [7, 11) is 1.91. The summed E-state index contributed by atoms with van der Waals surface area (Å²) >= 11 is 7.66. The fraction of sp³-hybridized carbons (Fsp3) is 0.250. The van der Waals surface area contributed by atoms with E-state index in [0.717, 1.165) is 21.4 Å². The average molecular weight is 283 g/mol. The highest BCUT2D eigenvalue weighted by atomic mass is 35.5. The Morgan fingerprint density at radius 1 is 1.50 bits per heavy atom. The third-order valence-electron chi connectivity index (χ3n) is 2.63. The molecule has 6 heteroatoms. The molecule has 1 aromatic heterocycles. The summed E-state index contributed by atoms with van der Waals surface area (Å²) in [4.78, 5) is 1.13. The minimum atomic E-state index is 0.0569. The van der Waals surface area contributed by atoms with E-state index in [1.54, 1.807) is 18.0 Å². The molecule has 1 unspecified atom stereocenters. The highest BCUT2D eigenvalue weighted by Gasteiger charge is 2.13. The van der Waals surface area contributed by atoms with Gasteiger partial charge in [0.1, 0.15) is 0 Å². The molecule has 1 heterocycles. The van der Waals surface area contributed by atoms with Gasteiger partial charge in [0.2, 0.25) is 0 Å². The van der Waals surface area contributed by atoms with Gasteiger partial charge in [0, 0.05) is 28.9 Å². The molecule has 4 nitrogen and oxygen atoms in total. The lowest BCUT2D eigenvalue weighted by Crippen LogP contribution is -2.31. The van der Waals surface area contributed by atoms with Crippen molar-refractivity contribution >= 4 is 23.4 Å². The van der Waals surface area contributed by atoms with E-state index in [1.807, 2.05) is 42.1 Å². The van der Waals surface area contributed by atoms with Crippen LogP contribution < -0.4 is 11.3 Å². The molecule has 0 aliphatic carbocycles. The first-order valence-electron chi connectivity index (χ1n) is 5.53. The second-order valence-corrected chi connectivity index (χ2v) is 5.40. The molecule has 18 heavy (non-hydrogen) atoms. The fourth-order valence-electron chi connectivity index (χ4n) is 1.68. The lowest BCUT2D eigenvalue weighted by molar-refractivity contribution is 0.554. The first-order chi connectivity index (χ1) is 8.70. The van der Waals surface area contributed by atoms with Crippen molar-refractivity contribution in [2.75, 3.05) is 5.75 Å². The number of hydrogen-bond donors (Lipinski definition) is 2. The Balaban J connectivity index is 2.02. The van der Waals surface area contributed by atoms with Gasteiger partial charge in [0.25, 0.3) is 0 Å². The van der Waals surface area contributed by atoms with Gasteiger partial charge in [-0.15, -0.1) is 11.8 Å². The van der Waals surface area contributed by atoms with E-state index in [4.69, 9.17) is 17.4 Å². The van der Waals surface area contributed by atoms with Gasteiger partial charge in [-0.3, -0.25) is 16.0 Å². The van der Waals surface area contributed by atoms with Gasteiger partial charge < -0.3 is 0 Å². The molecule has 0 amide bonds. The van der Waals surface area contributed by atoms with Crippen molar-refractivity contribution in [1.29, 1.82) is 0 Å². The molecular weight excluding hydrogens is 268 g/mol. The molecule has 0 fully saturated rings. The maximum atomic E-state index is 5.95.